The quantitative estimate of drug-likeness (QED) is 0.211. The van der Waals surface area contributed by atoms with Gasteiger partial charge >= 0.3 is 0 Å². The molecule has 54 heavy (non-hydrogen) atoms. The number of ether oxygens (including phenoxy) is 2. The third-order valence-corrected chi connectivity index (χ3v) is 13.1. The van der Waals surface area contributed by atoms with Crippen LogP contribution in [0.4, 0.5) is 0 Å². The molecule has 0 fully saturated rings. The van der Waals surface area contributed by atoms with Crippen LogP contribution in [-0.2, 0) is 11.2 Å². The van der Waals surface area contributed by atoms with Gasteiger partial charge in [0.2, 0.25) is 0 Å². The molecule has 3 nitrogen and oxygen atoms in total. The third-order valence-electron chi connectivity index (χ3n) is 13.1. The molecule has 0 saturated heterocycles. The molecule has 2 aliphatic heterocycles. The average Bonchev–Trinajstić information content (AvgIpc) is 3.57. The number of benzene rings is 3. The Balaban J connectivity index is 1.13. The number of fused-ring (bicyclic) bond motifs is 6. The van der Waals surface area contributed by atoms with Gasteiger partial charge in [0, 0.05) is 64.2 Å². The second-order valence-electron chi connectivity index (χ2n) is 16.1. The van der Waals surface area contributed by atoms with Gasteiger partial charge in [0.25, 0.3) is 0 Å². The van der Waals surface area contributed by atoms with Gasteiger partial charge in [-0.3, -0.25) is 0 Å². The monoisotopic (exact) mass is 703 g/mol. The smallest absolute Gasteiger partial charge is 0.131 e. The summed E-state index contributed by atoms with van der Waals surface area (Å²) in [6, 6.07) is 26.7. The van der Waals surface area contributed by atoms with Crippen molar-refractivity contribution < 1.29 is 9.47 Å². The minimum absolute atomic E-state index is 0.00491. The van der Waals surface area contributed by atoms with E-state index in [-0.39, 0.29) is 29.8 Å². The summed E-state index contributed by atoms with van der Waals surface area (Å²) in [7, 11) is 0. The van der Waals surface area contributed by atoms with Crippen LogP contribution < -0.4 is 4.74 Å². The summed E-state index contributed by atoms with van der Waals surface area (Å²) >= 11 is 0. The van der Waals surface area contributed by atoms with Crippen LogP contribution in [0.3, 0.4) is 0 Å². The maximum atomic E-state index is 7.01. The van der Waals surface area contributed by atoms with Crippen molar-refractivity contribution in [3.8, 4) is 17.2 Å². The lowest BCUT2D eigenvalue weighted by Gasteiger charge is -2.47. The second-order valence-corrected chi connectivity index (χ2v) is 16.1. The van der Waals surface area contributed by atoms with Gasteiger partial charge in [-0.1, -0.05) is 128 Å². The Labute approximate surface area is 318 Å². The molecule has 7 aliphatic rings. The normalized spacial score (nSPS) is 28.2. The SMILES string of the molecule is CC1CC2=C(C=C1C1C=CC=CC1)C(C1c3ccccc3Oc3cccc(C4CC=Cc5c4c4c(n5-c5ccccc5)CCC=C4)c31)C1C=CC=CC1O2. The molecule has 3 heterocycles. The zero-order chi connectivity index (χ0) is 35.8. The Kier molecular flexibility index (Phi) is 7.57. The van der Waals surface area contributed by atoms with Crippen LogP contribution in [0.25, 0.3) is 17.8 Å². The topological polar surface area (TPSA) is 23.4 Å². The molecule has 11 rings (SSSR count). The number of nitrogens with zero attached hydrogens (tertiary/aromatic N) is 1. The van der Waals surface area contributed by atoms with Crippen LogP contribution in [0.15, 0.2) is 157 Å². The van der Waals surface area contributed by atoms with E-state index >= 15 is 0 Å². The fourth-order valence-electron chi connectivity index (χ4n) is 10.8. The number of hydrogen-bond acceptors (Lipinski definition) is 2. The number of para-hydroxylation sites is 2. The molecule has 0 amide bonds. The molecule has 266 valence electrons. The highest BCUT2D eigenvalue weighted by atomic mass is 16.5. The molecule has 1 aromatic heterocycles. The highest BCUT2D eigenvalue weighted by Gasteiger charge is 2.48. The van der Waals surface area contributed by atoms with Crippen molar-refractivity contribution in [1.29, 1.82) is 0 Å². The van der Waals surface area contributed by atoms with E-state index in [9.17, 15) is 0 Å². The molecule has 0 radical (unpaired) electrons. The first-order valence-corrected chi connectivity index (χ1v) is 20.1. The molecule has 0 N–H and O–H groups in total. The van der Waals surface area contributed by atoms with Crippen molar-refractivity contribution >= 4 is 12.2 Å². The summed E-state index contributed by atoms with van der Waals surface area (Å²) in [5, 5.41) is 0. The van der Waals surface area contributed by atoms with Crippen molar-refractivity contribution in [2.24, 2.45) is 23.7 Å². The van der Waals surface area contributed by atoms with Gasteiger partial charge in [0.05, 0.1) is 0 Å². The van der Waals surface area contributed by atoms with Gasteiger partial charge in [-0.05, 0) is 90.3 Å². The zero-order valence-corrected chi connectivity index (χ0v) is 30.8. The Morgan fingerprint density at radius 1 is 0.722 bits per heavy atom. The van der Waals surface area contributed by atoms with E-state index in [4.69, 9.17) is 9.47 Å². The Morgan fingerprint density at radius 3 is 2.46 bits per heavy atom. The molecule has 0 spiro atoms. The van der Waals surface area contributed by atoms with Crippen LogP contribution in [0.1, 0.15) is 83.6 Å². The molecule has 3 heteroatoms. The molecule has 5 aliphatic carbocycles. The number of rotatable bonds is 4. The minimum atomic E-state index is 0.00491. The van der Waals surface area contributed by atoms with Crippen molar-refractivity contribution in [2.75, 3.05) is 0 Å². The number of hydrogen-bond donors (Lipinski definition) is 0. The fourth-order valence-corrected chi connectivity index (χ4v) is 10.8. The lowest BCUT2D eigenvalue weighted by molar-refractivity contribution is 0.0576. The van der Waals surface area contributed by atoms with Gasteiger partial charge in [-0.25, -0.2) is 0 Å². The van der Waals surface area contributed by atoms with E-state index in [0.717, 1.165) is 43.6 Å². The first-order valence-electron chi connectivity index (χ1n) is 20.1. The first-order chi connectivity index (χ1) is 26.7. The van der Waals surface area contributed by atoms with E-state index in [0.29, 0.717) is 11.8 Å². The molecular weight excluding hydrogens is 659 g/mol. The summed E-state index contributed by atoms with van der Waals surface area (Å²) < 4.78 is 16.5. The Hall–Kier alpha value is -5.54. The van der Waals surface area contributed by atoms with E-state index in [2.05, 4.69) is 163 Å². The summed E-state index contributed by atoms with van der Waals surface area (Å²) in [5.74, 6) is 4.64. The van der Waals surface area contributed by atoms with Crippen molar-refractivity contribution in [1.82, 2.24) is 4.57 Å². The summed E-state index contributed by atoms with van der Waals surface area (Å²) in [6.45, 7) is 2.39. The van der Waals surface area contributed by atoms with Gasteiger partial charge in [-0.2, -0.15) is 0 Å². The van der Waals surface area contributed by atoms with Gasteiger partial charge in [-0.15, -0.1) is 0 Å². The number of allylic oxidation sites excluding steroid dienone is 12. The Morgan fingerprint density at radius 2 is 1.56 bits per heavy atom. The third kappa shape index (κ3) is 4.94. The minimum Gasteiger partial charge on any atom is -0.490 e. The second kappa shape index (κ2) is 12.8. The predicted molar refractivity (Wildman–Crippen MR) is 219 cm³/mol. The van der Waals surface area contributed by atoms with Crippen molar-refractivity contribution in [2.45, 2.75) is 57.0 Å². The maximum Gasteiger partial charge on any atom is 0.131 e. The van der Waals surface area contributed by atoms with Crippen LogP contribution in [0, 0.1) is 23.7 Å². The molecule has 7 unspecified atom stereocenters. The van der Waals surface area contributed by atoms with Crippen LogP contribution in [0.5, 0.6) is 11.5 Å². The van der Waals surface area contributed by atoms with Crippen molar-refractivity contribution in [3.05, 3.63) is 196 Å². The lowest BCUT2D eigenvalue weighted by Crippen LogP contribution is -2.40. The molecule has 3 aromatic carbocycles. The molecule has 4 aromatic rings. The van der Waals surface area contributed by atoms with E-state index in [1.165, 1.54) is 61.8 Å². The van der Waals surface area contributed by atoms with Crippen LogP contribution >= 0.6 is 0 Å². The maximum absolute atomic E-state index is 7.01. The van der Waals surface area contributed by atoms with E-state index < -0.39 is 0 Å². The van der Waals surface area contributed by atoms with Crippen LogP contribution in [0.2, 0.25) is 0 Å². The highest BCUT2D eigenvalue weighted by molar-refractivity contribution is 5.74. The largest absolute Gasteiger partial charge is 0.490 e. The number of aromatic nitrogens is 1. The predicted octanol–water partition coefficient (Wildman–Crippen LogP) is 12.3. The van der Waals surface area contributed by atoms with Gasteiger partial charge in [0.15, 0.2) is 0 Å². The van der Waals surface area contributed by atoms with E-state index in [1.54, 1.807) is 0 Å². The summed E-state index contributed by atoms with van der Waals surface area (Å²) in [5.41, 5.74) is 13.8. The standard InChI is InChI=1S/C51H45NO2/c1-32-30-47-41(31-40(32)33-16-4-2-5-17-33)49(38-21-9-12-27-44(38)54-47)51-39-22-10-13-28-45(39)53-46-29-15-24-36(50(46)51)35-23-14-26-43-48(35)37-20-8-11-25-42(37)52(43)34-18-6-3-7-19-34/h2-10,12-16,18-22,24,26-29,31-33,35,38,44,49,51H,11,17,23,25,30H2,1H3. The molecule has 7 atom stereocenters. The van der Waals surface area contributed by atoms with Gasteiger partial charge < -0.3 is 14.0 Å². The summed E-state index contributed by atoms with van der Waals surface area (Å²) in [4.78, 5) is 0. The first kappa shape index (κ1) is 31.9. The highest BCUT2D eigenvalue weighted by Crippen LogP contribution is 2.59. The molecule has 0 saturated carbocycles. The average molecular weight is 704 g/mol. The summed E-state index contributed by atoms with van der Waals surface area (Å²) in [6.07, 6.45) is 35.5. The van der Waals surface area contributed by atoms with Crippen molar-refractivity contribution in [3.63, 3.8) is 0 Å². The van der Waals surface area contributed by atoms with Gasteiger partial charge in [0.1, 0.15) is 23.4 Å². The lowest BCUT2D eigenvalue weighted by atomic mass is 9.62. The van der Waals surface area contributed by atoms with E-state index in [1.807, 2.05) is 0 Å². The van der Waals surface area contributed by atoms with Crippen LogP contribution in [-0.4, -0.2) is 10.7 Å². The Bertz CT molecular complexity index is 2430. The molecular formula is C51H45NO2. The fraction of sp³-hybridized carbons (Fsp3) is 0.255. The zero-order valence-electron chi connectivity index (χ0n) is 30.8. The molecule has 0 bridgehead atoms.